The monoisotopic (exact) mass is 286 g/mol. The van der Waals surface area contributed by atoms with Crippen LogP contribution in [0.4, 0.5) is 19.0 Å². The zero-order chi connectivity index (χ0) is 14.2. The molecule has 2 aromatic heterocycles. The molecule has 9 heteroatoms. The number of aromatic nitrogens is 4. The van der Waals surface area contributed by atoms with Gasteiger partial charge in [-0.3, -0.25) is 0 Å². The molecule has 6 nitrogen and oxygen atoms in total. The Kier molecular flexibility index (Phi) is 3.20. The molecule has 0 aliphatic carbocycles. The minimum absolute atomic E-state index is 0.0770. The van der Waals surface area contributed by atoms with Crippen molar-refractivity contribution in [1.82, 2.24) is 25.1 Å². The summed E-state index contributed by atoms with van der Waals surface area (Å²) in [6.07, 6.45) is -2.75. The molecule has 0 amide bonds. The van der Waals surface area contributed by atoms with Crippen molar-refractivity contribution in [1.29, 1.82) is 0 Å². The van der Waals surface area contributed by atoms with Gasteiger partial charge in [0.2, 0.25) is 0 Å². The van der Waals surface area contributed by atoms with Gasteiger partial charge in [-0.25, -0.2) is 0 Å². The number of piperidine rings is 1. The largest absolute Gasteiger partial charge is 0.453 e. The quantitative estimate of drug-likeness (QED) is 0.871. The fourth-order valence-electron chi connectivity index (χ4n) is 2.22. The first kappa shape index (κ1) is 13.1. The van der Waals surface area contributed by atoms with Crippen LogP contribution in [0.25, 0.3) is 5.65 Å². The van der Waals surface area contributed by atoms with Gasteiger partial charge in [-0.1, -0.05) is 0 Å². The molecular formula is C11H13F3N6. The number of nitrogens with one attached hydrogen (secondary N) is 2. The van der Waals surface area contributed by atoms with Gasteiger partial charge in [0.1, 0.15) is 5.82 Å². The van der Waals surface area contributed by atoms with E-state index in [4.69, 9.17) is 0 Å². The van der Waals surface area contributed by atoms with Crippen molar-refractivity contribution in [2.75, 3.05) is 18.4 Å². The Morgan fingerprint density at radius 1 is 1.20 bits per heavy atom. The number of halogens is 3. The molecule has 0 radical (unpaired) electrons. The molecule has 2 aromatic rings. The van der Waals surface area contributed by atoms with Crippen LogP contribution in [-0.2, 0) is 6.18 Å². The number of hydrogen-bond donors (Lipinski definition) is 2. The summed E-state index contributed by atoms with van der Waals surface area (Å²) in [7, 11) is 0. The highest BCUT2D eigenvalue weighted by atomic mass is 19.4. The average molecular weight is 286 g/mol. The third kappa shape index (κ3) is 2.53. The molecule has 1 aliphatic rings. The first-order valence-electron chi connectivity index (χ1n) is 6.31. The standard InChI is InChI=1S/C11H13F3N6/c12-11(13,14)10-18-17-9-2-1-8(19-20(9)10)16-7-3-5-15-6-4-7/h1-2,7,15H,3-6H2,(H,16,19). The molecule has 2 N–H and O–H groups in total. The molecule has 0 unspecified atom stereocenters. The van der Waals surface area contributed by atoms with Gasteiger partial charge in [-0.05, 0) is 38.1 Å². The van der Waals surface area contributed by atoms with Crippen LogP contribution in [0.1, 0.15) is 18.7 Å². The Labute approximate surface area is 112 Å². The average Bonchev–Trinajstić information content (AvgIpc) is 2.83. The highest BCUT2D eigenvalue weighted by molar-refractivity contribution is 5.44. The van der Waals surface area contributed by atoms with Crippen molar-refractivity contribution >= 4 is 11.5 Å². The van der Waals surface area contributed by atoms with Crippen LogP contribution in [0.2, 0.25) is 0 Å². The summed E-state index contributed by atoms with van der Waals surface area (Å²) in [5.41, 5.74) is 0.0770. The number of hydrogen-bond acceptors (Lipinski definition) is 5. The molecule has 0 atom stereocenters. The molecule has 3 heterocycles. The fraction of sp³-hybridized carbons (Fsp3) is 0.545. The summed E-state index contributed by atoms with van der Waals surface area (Å²) in [6.45, 7) is 1.78. The van der Waals surface area contributed by atoms with Crippen LogP contribution in [0.15, 0.2) is 12.1 Å². The van der Waals surface area contributed by atoms with Gasteiger partial charge in [0.15, 0.2) is 5.65 Å². The Balaban J connectivity index is 1.89. The maximum atomic E-state index is 12.7. The first-order valence-corrected chi connectivity index (χ1v) is 6.31. The van der Waals surface area contributed by atoms with Crippen LogP contribution in [0.3, 0.4) is 0 Å². The van der Waals surface area contributed by atoms with Gasteiger partial charge in [-0.2, -0.15) is 17.7 Å². The van der Waals surface area contributed by atoms with E-state index in [1.165, 1.54) is 6.07 Å². The number of nitrogens with zero attached hydrogens (tertiary/aromatic N) is 4. The third-order valence-corrected chi connectivity index (χ3v) is 3.21. The SMILES string of the molecule is FC(F)(F)c1nnc2ccc(NC3CCNCC3)nn12. The lowest BCUT2D eigenvalue weighted by Crippen LogP contribution is -2.35. The lowest BCUT2D eigenvalue weighted by atomic mass is 10.1. The van der Waals surface area contributed by atoms with Crippen LogP contribution in [0.5, 0.6) is 0 Å². The zero-order valence-corrected chi connectivity index (χ0v) is 10.5. The second-order valence-electron chi connectivity index (χ2n) is 4.68. The van der Waals surface area contributed by atoms with Crippen molar-refractivity contribution in [3.63, 3.8) is 0 Å². The predicted octanol–water partition coefficient (Wildman–Crippen LogP) is 1.31. The lowest BCUT2D eigenvalue weighted by molar-refractivity contribution is -0.146. The van der Waals surface area contributed by atoms with Crippen LogP contribution >= 0.6 is 0 Å². The lowest BCUT2D eigenvalue weighted by Gasteiger charge is -2.24. The molecule has 0 spiro atoms. The van der Waals surface area contributed by atoms with Crippen LogP contribution in [-0.4, -0.2) is 38.9 Å². The van der Waals surface area contributed by atoms with E-state index in [2.05, 4.69) is 25.9 Å². The van der Waals surface area contributed by atoms with Gasteiger partial charge in [-0.15, -0.1) is 15.3 Å². The summed E-state index contributed by atoms with van der Waals surface area (Å²) in [5, 5.41) is 16.9. The van der Waals surface area contributed by atoms with Crippen molar-refractivity contribution in [2.45, 2.75) is 25.1 Å². The van der Waals surface area contributed by atoms with E-state index in [1.807, 2.05) is 0 Å². The number of anilines is 1. The highest BCUT2D eigenvalue weighted by Gasteiger charge is 2.37. The molecular weight excluding hydrogens is 273 g/mol. The molecule has 1 fully saturated rings. The number of rotatable bonds is 2. The van der Waals surface area contributed by atoms with E-state index in [0.717, 1.165) is 30.4 Å². The first-order chi connectivity index (χ1) is 9.54. The molecule has 1 aliphatic heterocycles. The second-order valence-corrected chi connectivity index (χ2v) is 4.68. The van der Waals surface area contributed by atoms with Gasteiger partial charge >= 0.3 is 6.18 Å². The predicted molar refractivity (Wildman–Crippen MR) is 65.3 cm³/mol. The normalized spacial score (nSPS) is 17.6. The number of fused-ring (bicyclic) bond motifs is 1. The van der Waals surface area contributed by atoms with Crippen LogP contribution in [0, 0.1) is 0 Å². The Morgan fingerprint density at radius 3 is 2.65 bits per heavy atom. The van der Waals surface area contributed by atoms with E-state index in [1.54, 1.807) is 6.07 Å². The maximum Gasteiger partial charge on any atom is 0.453 e. The third-order valence-electron chi connectivity index (χ3n) is 3.21. The summed E-state index contributed by atoms with van der Waals surface area (Å²) >= 11 is 0. The van der Waals surface area contributed by atoms with E-state index < -0.39 is 12.0 Å². The Hall–Kier alpha value is -1.90. The summed E-state index contributed by atoms with van der Waals surface area (Å²) in [5.74, 6) is -0.712. The van der Waals surface area contributed by atoms with Gasteiger partial charge in [0, 0.05) is 6.04 Å². The summed E-state index contributed by atoms with van der Waals surface area (Å²) in [6, 6.07) is 3.30. The van der Waals surface area contributed by atoms with E-state index in [0.29, 0.717) is 5.82 Å². The number of alkyl halides is 3. The second kappa shape index (κ2) is 4.89. The minimum Gasteiger partial charge on any atom is -0.366 e. The molecule has 0 bridgehead atoms. The van der Waals surface area contributed by atoms with Crippen molar-refractivity contribution in [3.8, 4) is 0 Å². The van der Waals surface area contributed by atoms with Gasteiger partial charge in [0.25, 0.3) is 5.82 Å². The summed E-state index contributed by atoms with van der Waals surface area (Å²) in [4.78, 5) is 0. The minimum atomic E-state index is -4.57. The maximum absolute atomic E-state index is 12.7. The van der Waals surface area contributed by atoms with Gasteiger partial charge in [0.05, 0.1) is 0 Å². The van der Waals surface area contributed by atoms with Crippen LogP contribution < -0.4 is 10.6 Å². The summed E-state index contributed by atoms with van der Waals surface area (Å²) < 4.78 is 39.0. The van der Waals surface area contributed by atoms with Crippen molar-refractivity contribution < 1.29 is 13.2 Å². The zero-order valence-electron chi connectivity index (χ0n) is 10.5. The molecule has 0 saturated carbocycles. The van der Waals surface area contributed by atoms with Gasteiger partial charge < -0.3 is 10.6 Å². The van der Waals surface area contributed by atoms with Crippen molar-refractivity contribution in [2.24, 2.45) is 0 Å². The molecule has 20 heavy (non-hydrogen) atoms. The molecule has 0 aromatic carbocycles. The Bertz CT molecular complexity index is 602. The Morgan fingerprint density at radius 2 is 1.95 bits per heavy atom. The molecule has 3 rings (SSSR count). The molecule has 108 valence electrons. The van der Waals surface area contributed by atoms with E-state index in [-0.39, 0.29) is 11.7 Å². The molecule has 1 saturated heterocycles. The highest BCUT2D eigenvalue weighted by Crippen LogP contribution is 2.27. The van der Waals surface area contributed by atoms with E-state index in [9.17, 15) is 13.2 Å². The topological polar surface area (TPSA) is 67.1 Å². The van der Waals surface area contributed by atoms with Crippen molar-refractivity contribution in [3.05, 3.63) is 18.0 Å². The smallest absolute Gasteiger partial charge is 0.366 e. The van der Waals surface area contributed by atoms with E-state index >= 15 is 0 Å². The fourth-order valence-corrected chi connectivity index (χ4v) is 2.22.